The molecule has 5 nitrogen and oxygen atoms in total. The van der Waals surface area contributed by atoms with Crippen LogP contribution in [0.4, 0.5) is 0 Å². The second kappa shape index (κ2) is 5.67. The summed E-state index contributed by atoms with van der Waals surface area (Å²) >= 11 is 0. The lowest BCUT2D eigenvalue weighted by atomic mass is 9.91. The van der Waals surface area contributed by atoms with Gasteiger partial charge in [0.25, 0.3) is 0 Å². The first-order valence-corrected chi connectivity index (χ1v) is 7.34. The van der Waals surface area contributed by atoms with Crippen LogP contribution in [0.25, 0.3) is 10.9 Å². The molecule has 1 aliphatic rings. The van der Waals surface area contributed by atoms with Crippen molar-refractivity contribution in [1.29, 1.82) is 0 Å². The third-order valence-electron chi connectivity index (χ3n) is 4.20. The van der Waals surface area contributed by atoms with Gasteiger partial charge in [-0.1, -0.05) is 24.8 Å². The van der Waals surface area contributed by atoms with Crippen molar-refractivity contribution in [3.63, 3.8) is 0 Å². The van der Waals surface area contributed by atoms with E-state index in [4.69, 9.17) is 5.11 Å². The Bertz CT molecular complexity index is 761. The van der Waals surface area contributed by atoms with E-state index in [1.165, 1.54) is 6.08 Å². The number of benzene rings is 1. The van der Waals surface area contributed by atoms with Crippen LogP contribution in [0.3, 0.4) is 0 Å². The maximum atomic E-state index is 11.5. The number of aromatic nitrogens is 1. The molecule has 114 valence electrons. The van der Waals surface area contributed by atoms with Gasteiger partial charge in [0.1, 0.15) is 6.54 Å². The Labute approximate surface area is 128 Å². The highest BCUT2D eigenvalue weighted by Crippen LogP contribution is 2.32. The molecular weight excluding hydrogens is 280 g/mol. The molecule has 0 radical (unpaired) electrons. The molecule has 22 heavy (non-hydrogen) atoms. The maximum absolute atomic E-state index is 11.5. The average molecular weight is 298 g/mol. The minimum absolute atomic E-state index is 0.0282. The Kier molecular flexibility index (Phi) is 3.71. The van der Waals surface area contributed by atoms with E-state index >= 15 is 0 Å². The highest BCUT2D eigenvalue weighted by molar-refractivity contribution is 5.88. The van der Waals surface area contributed by atoms with Crippen molar-refractivity contribution >= 4 is 22.8 Å². The van der Waals surface area contributed by atoms with Gasteiger partial charge in [-0.3, -0.25) is 9.59 Å². The number of carbonyl (C=O) groups is 2. The summed E-state index contributed by atoms with van der Waals surface area (Å²) in [4.78, 5) is 22.7. The number of carboxylic acids is 1. The third-order valence-corrected chi connectivity index (χ3v) is 4.20. The summed E-state index contributed by atoms with van der Waals surface area (Å²) in [5.41, 5.74) is 3.18. The molecule has 1 aliphatic carbocycles. The molecule has 1 atom stereocenters. The molecule has 1 amide bonds. The molecule has 0 spiro atoms. The van der Waals surface area contributed by atoms with Crippen molar-refractivity contribution in [3.8, 4) is 0 Å². The monoisotopic (exact) mass is 298 g/mol. The Morgan fingerprint density at radius 1 is 1.41 bits per heavy atom. The summed E-state index contributed by atoms with van der Waals surface area (Å²) in [5, 5.41) is 13.2. The topological polar surface area (TPSA) is 71.3 Å². The Hall–Kier alpha value is -2.56. The first kappa shape index (κ1) is 14.4. The molecule has 0 fully saturated rings. The Morgan fingerprint density at radius 3 is 2.91 bits per heavy atom. The molecule has 1 aromatic heterocycles. The normalized spacial score (nSPS) is 17.0. The Morgan fingerprint density at radius 2 is 2.18 bits per heavy atom. The van der Waals surface area contributed by atoms with E-state index in [2.05, 4.69) is 11.9 Å². The number of nitrogens with zero attached hydrogens (tertiary/aromatic N) is 1. The zero-order chi connectivity index (χ0) is 15.7. The second-order valence-electron chi connectivity index (χ2n) is 5.57. The number of carbonyl (C=O) groups excluding carboxylic acids is 1. The number of para-hydroxylation sites is 1. The van der Waals surface area contributed by atoms with E-state index in [0.717, 1.165) is 41.4 Å². The molecule has 0 aliphatic heterocycles. The predicted octanol–water partition coefficient (Wildman–Crippen LogP) is 1.89. The predicted molar refractivity (Wildman–Crippen MR) is 83.7 cm³/mol. The minimum Gasteiger partial charge on any atom is -0.480 e. The van der Waals surface area contributed by atoms with Crippen molar-refractivity contribution in [3.05, 3.63) is 48.2 Å². The van der Waals surface area contributed by atoms with Crippen molar-refractivity contribution in [2.75, 3.05) is 0 Å². The number of aliphatic carboxylic acids is 1. The number of rotatable bonds is 4. The van der Waals surface area contributed by atoms with Crippen molar-refractivity contribution < 1.29 is 14.7 Å². The number of amides is 1. The number of nitrogens with one attached hydrogen (secondary N) is 1. The van der Waals surface area contributed by atoms with Gasteiger partial charge in [-0.2, -0.15) is 0 Å². The van der Waals surface area contributed by atoms with Gasteiger partial charge in [-0.25, -0.2) is 0 Å². The summed E-state index contributed by atoms with van der Waals surface area (Å²) in [5.74, 6) is -1.01. The maximum Gasteiger partial charge on any atom is 0.323 e. The standard InChI is InChI=1S/C17H18N2O3/c1-2-16(20)18-11-7-8-15-13(9-11)12-5-3-4-6-14(12)19(15)10-17(21)22/h2-6,11H,1,7-10H2,(H,18,20)(H,21,22). The van der Waals surface area contributed by atoms with Crippen LogP contribution in [-0.4, -0.2) is 27.6 Å². The van der Waals surface area contributed by atoms with E-state index in [1.54, 1.807) is 0 Å². The lowest BCUT2D eigenvalue weighted by Crippen LogP contribution is -2.38. The van der Waals surface area contributed by atoms with E-state index in [1.807, 2.05) is 28.8 Å². The third kappa shape index (κ3) is 2.50. The van der Waals surface area contributed by atoms with E-state index in [0.29, 0.717) is 0 Å². The fourth-order valence-corrected chi connectivity index (χ4v) is 3.30. The van der Waals surface area contributed by atoms with Gasteiger partial charge < -0.3 is 15.0 Å². The van der Waals surface area contributed by atoms with Crippen LogP contribution in [-0.2, 0) is 29.0 Å². The SMILES string of the molecule is C=CC(=O)NC1CCc2c(c3ccccc3n2CC(=O)O)C1. The molecule has 0 saturated carbocycles. The highest BCUT2D eigenvalue weighted by Gasteiger charge is 2.26. The molecule has 5 heteroatoms. The van der Waals surface area contributed by atoms with E-state index < -0.39 is 5.97 Å². The minimum atomic E-state index is -0.842. The summed E-state index contributed by atoms with van der Waals surface area (Å²) in [6.45, 7) is 3.45. The first-order chi connectivity index (χ1) is 10.6. The van der Waals surface area contributed by atoms with Gasteiger partial charge in [0.2, 0.25) is 5.91 Å². The van der Waals surface area contributed by atoms with Crippen molar-refractivity contribution in [2.24, 2.45) is 0 Å². The second-order valence-corrected chi connectivity index (χ2v) is 5.57. The fraction of sp³-hybridized carbons (Fsp3) is 0.294. The molecule has 2 aromatic rings. The van der Waals surface area contributed by atoms with Crippen molar-refractivity contribution in [1.82, 2.24) is 9.88 Å². The molecule has 3 rings (SSSR count). The highest BCUT2D eigenvalue weighted by atomic mass is 16.4. The van der Waals surface area contributed by atoms with Crippen LogP contribution < -0.4 is 5.32 Å². The molecule has 1 aromatic carbocycles. The van der Waals surface area contributed by atoms with Gasteiger partial charge in [0.05, 0.1) is 0 Å². The summed E-state index contributed by atoms with van der Waals surface area (Å²) < 4.78 is 1.89. The molecular formula is C17H18N2O3. The van der Waals surface area contributed by atoms with Gasteiger partial charge in [0, 0.05) is 22.6 Å². The average Bonchev–Trinajstić information content (AvgIpc) is 2.81. The van der Waals surface area contributed by atoms with Gasteiger partial charge in [-0.05, 0) is 37.0 Å². The van der Waals surface area contributed by atoms with E-state index in [9.17, 15) is 9.59 Å². The van der Waals surface area contributed by atoms with Crippen LogP contribution in [0.15, 0.2) is 36.9 Å². The number of carboxylic acid groups (broad SMARTS) is 1. The molecule has 0 bridgehead atoms. The van der Waals surface area contributed by atoms with E-state index in [-0.39, 0.29) is 18.5 Å². The van der Waals surface area contributed by atoms with Crippen LogP contribution >= 0.6 is 0 Å². The van der Waals surface area contributed by atoms with Crippen LogP contribution in [0.5, 0.6) is 0 Å². The van der Waals surface area contributed by atoms with Gasteiger partial charge >= 0.3 is 5.97 Å². The number of hydrogen-bond acceptors (Lipinski definition) is 2. The largest absolute Gasteiger partial charge is 0.480 e. The zero-order valence-electron chi connectivity index (χ0n) is 12.2. The summed E-state index contributed by atoms with van der Waals surface area (Å²) in [7, 11) is 0. The Balaban J connectivity index is 2.02. The molecule has 2 N–H and O–H groups in total. The lowest BCUT2D eigenvalue weighted by molar-refractivity contribution is -0.137. The first-order valence-electron chi connectivity index (χ1n) is 7.34. The van der Waals surface area contributed by atoms with Crippen molar-refractivity contribution in [2.45, 2.75) is 31.8 Å². The van der Waals surface area contributed by atoms with Crippen LogP contribution in [0.1, 0.15) is 17.7 Å². The zero-order valence-corrected chi connectivity index (χ0v) is 12.2. The summed E-state index contributed by atoms with van der Waals surface area (Å²) in [6, 6.07) is 7.92. The quantitative estimate of drug-likeness (QED) is 0.847. The molecule has 1 unspecified atom stereocenters. The van der Waals surface area contributed by atoms with Gasteiger partial charge in [0.15, 0.2) is 0 Å². The van der Waals surface area contributed by atoms with Crippen LogP contribution in [0.2, 0.25) is 0 Å². The fourth-order valence-electron chi connectivity index (χ4n) is 3.30. The summed E-state index contributed by atoms with van der Waals surface area (Å²) in [6.07, 6.45) is 3.58. The smallest absolute Gasteiger partial charge is 0.323 e. The number of hydrogen-bond donors (Lipinski definition) is 2. The lowest BCUT2D eigenvalue weighted by Gasteiger charge is -2.24. The van der Waals surface area contributed by atoms with Crippen LogP contribution in [0, 0.1) is 0 Å². The number of fused-ring (bicyclic) bond motifs is 3. The molecule has 0 saturated heterocycles. The molecule has 1 heterocycles. The van der Waals surface area contributed by atoms with Gasteiger partial charge in [-0.15, -0.1) is 0 Å².